The zero-order chi connectivity index (χ0) is 14.5. The molecule has 1 aromatic carbocycles. The summed E-state index contributed by atoms with van der Waals surface area (Å²) in [6.45, 7) is 0. The maximum absolute atomic E-state index is 12.1. The van der Waals surface area contributed by atoms with Gasteiger partial charge >= 0.3 is 0 Å². The Morgan fingerprint density at radius 1 is 1.35 bits per heavy atom. The number of benzene rings is 1. The van der Waals surface area contributed by atoms with Gasteiger partial charge in [-0.2, -0.15) is 0 Å². The zero-order valence-electron chi connectivity index (χ0n) is 10.7. The van der Waals surface area contributed by atoms with Gasteiger partial charge in [0.25, 0.3) is 5.91 Å². The molecule has 0 saturated heterocycles. The summed E-state index contributed by atoms with van der Waals surface area (Å²) < 4.78 is 0. The average molecular weight is 309 g/mol. The molecule has 20 heavy (non-hydrogen) atoms. The number of hydrogen-bond acceptors (Lipinski definition) is 5. The van der Waals surface area contributed by atoms with Crippen LogP contribution in [-0.2, 0) is 0 Å². The summed E-state index contributed by atoms with van der Waals surface area (Å²) in [6.07, 6.45) is 3.40. The van der Waals surface area contributed by atoms with Gasteiger partial charge in [0, 0.05) is 16.8 Å². The lowest BCUT2D eigenvalue weighted by atomic mass is 10.2. The molecule has 7 heteroatoms. The number of carbonyl (C=O) groups excluding carboxylic acids is 1. The number of rotatable bonds is 4. The van der Waals surface area contributed by atoms with Crippen LogP contribution in [0.25, 0.3) is 0 Å². The topological polar surface area (TPSA) is 80.0 Å². The maximum Gasteiger partial charge on any atom is 0.257 e. The number of nitrogens with zero attached hydrogens (tertiary/aromatic N) is 1. The number of aromatic nitrogens is 1. The third-order valence-electron chi connectivity index (χ3n) is 2.59. The number of thioether (sulfide) groups is 1. The van der Waals surface area contributed by atoms with Crippen molar-refractivity contribution in [3.8, 4) is 0 Å². The van der Waals surface area contributed by atoms with Crippen molar-refractivity contribution in [3.63, 3.8) is 0 Å². The molecular formula is C13H13ClN4OS. The van der Waals surface area contributed by atoms with E-state index in [2.05, 4.69) is 15.7 Å². The number of amides is 1. The first kappa shape index (κ1) is 14.6. The standard InChI is InChI=1S/C13H13ClN4OS/c1-20-10-4-2-9(3-5-10)17-13(19)8-6-11(14)12(18-15)16-7-8/h2-7H,15H2,1H3,(H,16,18)(H,17,19). The molecule has 2 rings (SSSR count). The summed E-state index contributed by atoms with van der Waals surface area (Å²) >= 11 is 7.57. The largest absolute Gasteiger partial charge is 0.322 e. The van der Waals surface area contributed by atoms with Gasteiger partial charge in [0.1, 0.15) is 0 Å². The van der Waals surface area contributed by atoms with Crippen LogP contribution in [-0.4, -0.2) is 17.1 Å². The van der Waals surface area contributed by atoms with E-state index in [1.165, 1.54) is 12.3 Å². The van der Waals surface area contributed by atoms with Crippen molar-refractivity contribution < 1.29 is 4.79 Å². The van der Waals surface area contributed by atoms with Gasteiger partial charge in [-0.25, -0.2) is 10.8 Å². The van der Waals surface area contributed by atoms with Crippen molar-refractivity contribution in [3.05, 3.63) is 47.1 Å². The zero-order valence-corrected chi connectivity index (χ0v) is 12.3. The first-order chi connectivity index (χ1) is 9.63. The number of pyridine rings is 1. The van der Waals surface area contributed by atoms with Gasteiger partial charge in [0.2, 0.25) is 0 Å². The van der Waals surface area contributed by atoms with E-state index < -0.39 is 0 Å². The van der Waals surface area contributed by atoms with Gasteiger partial charge < -0.3 is 10.7 Å². The summed E-state index contributed by atoms with van der Waals surface area (Å²) in [5, 5.41) is 3.07. The van der Waals surface area contributed by atoms with Crippen LogP contribution in [0.1, 0.15) is 10.4 Å². The van der Waals surface area contributed by atoms with Gasteiger partial charge in [0.15, 0.2) is 5.82 Å². The number of hydrazine groups is 1. The number of carbonyl (C=O) groups is 1. The molecule has 0 aliphatic carbocycles. The first-order valence-electron chi connectivity index (χ1n) is 5.71. The van der Waals surface area contributed by atoms with Crippen LogP contribution in [0, 0.1) is 0 Å². The highest BCUT2D eigenvalue weighted by molar-refractivity contribution is 7.98. The van der Waals surface area contributed by atoms with Crippen molar-refractivity contribution >= 4 is 40.8 Å². The Labute approximate surface area is 125 Å². The van der Waals surface area contributed by atoms with Crippen LogP contribution >= 0.6 is 23.4 Å². The minimum absolute atomic E-state index is 0.278. The highest BCUT2D eigenvalue weighted by Gasteiger charge is 2.09. The number of hydrogen-bond donors (Lipinski definition) is 3. The number of anilines is 2. The molecule has 5 nitrogen and oxygen atoms in total. The van der Waals surface area contributed by atoms with Crippen LogP contribution in [0.3, 0.4) is 0 Å². The summed E-state index contributed by atoms with van der Waals surface area (Å²) in [5.74, 6) is 5.28. The van der Waals surface area contributed by atoms with E-state index in [1.54, 1.807) is 11.8 Å². The summed E-state index contributed by atoms with van der Waals surface area (Å²) in [5.41, 5.74) is 3.42. The number of nitrogen functional groups attached to an aromatic ring is 1. The second-order valence-electron chi connectivity index (χ2n) is 3.88. The highest BCUT2D eigenvalue weighted by atomic mass is 35.5. The van der Waals surface area contributed by atoms with Gasteiger partial charge in [-0.15, -0.1) is 11.8 Å². The number of nitrogens with two attached hydrogens (primary N) is 1. The Morgan fingerprint density at radius 3 is 2.60 bits per heavy atom. The fraction of sp³-hybridized carbons (Fsp3) is 0.0769. The second kappa shape index (κ2) is 6.60. The summed E-state index contributed by atoms with van der Waals surface area (Å²) in [4.78, 5) is 17.1. The molecule has 0 aliphatic rings. The smallest absolute Gasteiger partial charge is 0.257 e. The third-order valence-corrected chi connectivity index (χ3v) is 3.62. The minimum atomic E-state index is -0.278. The van der Waals surface area contributed by atoms with Crippen LogP contribution in [0.2, 0.25) is 5.02 Å². The first-order valence-corrected chi connectivity index (χ1v) is 7.32. The molecule has 4 N–H and O–H groups in total. The fourth-order valence-corrected chi connectivity index (χ4v) is 2.18. The van der Waals surface area contributed by atoms with E-state index >= 15 is 0 Å². The molecule has 0 atom stereocenters. The van der Waals surface area contributed by atoms with Crippen LogP contribution in [0.4, 0.5) is 11.5 Å². The van der Waals surface area contributed by atoms with Gasteiger partial charge in [-0.1, -0.05) is 11.6 Å². The van der Waals surface area contributed by atoms with E-state index in [-0.39, 0.29) is 10.9 Å². The highest BCUT2D eigenvalue weighted by Crippen LogP contribution is 2.21. The van der Waals surface area contributed by atoms with Crippen molar-refractivity contribution in [1.82, 2.24) is 4.98 Å². The molecule has 0 fully saturated rings. The summed E-state index contributed by atoms with van der Waals surface area (Å²) in [6, 6.07) is 9.07. The van der Waals surface area contributed by atoms with Crippen molar-refractivity contribution in [2.24, 2.45) is 5.84 Å². The van der Waals surface area contributed by atoms with Gasteiger partial charge in [0.05, 0.1) is 10.6 Å². The number of halogens is 1. The predicted molar refractivity (Wildman–Crippen MR) is 83.2 cm³/mol. The Hall–Kier alpha value is -1.76. The van der Waals surface area contributed by atoms with E-state index in [0.29, 0.717) is 17.1 Å². The lowest BCUT2D eigenvalue weighted by molar-refractivity contribution is 0.102. The maximum atomic E-state index is 12.1. The Bertz CT molecular complexity index is 618. The molecule has 0 spiro atoms. The normalized spacial score (nSPS) is 10.2. The van der Waals surface area contributed by atoms with Gasteiger partial charge in [-0.3, -0.25) is 4.79 Å². The lowest BCUT2D eigenvalue weighted by Gasteiger charge is -2.07. The molecule has 0 unspecified atom stereocenters. The van der Waals surface area contributed by atoms with Crippen LogP contribution in [0.15, 0.2) is 41.4 Å². The van der Waals surface area contributed by atoms with Crippen LogP contribution in [0.5, 0.6) is 0 Å². The molecule has 104 valence electrons. The van der Waals surface area contributed by atoms with Crippen molar-refractivity contribution in [1.29, 1.82) is 0 Å². The lowest BCUT2D eigenvalue weighted by Crippen LogP contribution is -2.14. The second-order valence-corrected chi connectivity index (χ2v) is 5.17. The van der Waals surface area contributed by atoms with E-state index in [9.17, 15) is 4.79 Å². The monoisotopic (exact) mass is 308 g/mol. The van der Waals surface area contributed by atoms with Crippen LogP contribution < -0.4 is 16.6 Å². The molecule has 1 heterocycles. The predicted octanol–water partition coefficient (Wildman–Crippen LogP) is 2.99. The molecule has 1 aromatic heterocycles. The van der Waals surface area contributed by atoms with Crippen molar-refractivity contribution in [2.45, 2.75) is 4.90 Å². The molecule has 1 amide bonds. The minimum Gasteiger partial charge on any atom is -0.322 e. The Balaban J connectivity index is 2.12. The van der Waals surface area contributed by atoms with Gasteiger partial charge in [-0.05, 0) is 36.6 Å². The quantitative estimate of drug-likeness (QED) is 0.459. The molecule has 2 aromatic rings. The van der Waals surface area contributed by atoms with Crippen molar-refractivity contribution in [2.75, 3.05) is 17.0 Å². The van der Waals surface area contributed by atoms with E-state index in [0.717, 1.165) is 4.90 Å². The molecule has 0 aliphatic heterocycles. The van der Waals surface area contributed by atoms with E-state index in [1.807, 2.05) is 30.5 Å². The third kappa shape index (κ3) is 3.41. The average Bonchev–Trinajstić information content (AvgIpc) is 2.48. The molecule has 0 radical (unpaired) electrons. The number of nitrogens with one attached hydrogen (secondary N) is 2. The molecular weight excluding hydrogens is 296 g/mol. The Kier molecular flexibility index (Phi) is 4.84. The Morgan fingerprint density at radius 2 is 2.05 bits per heavy atom. The molecule has 0 saturated carbocycles. The SMILES string of the molecule is CSc1ccc(NC(=O)c2cnc(NN)c(Cl)c2)cc1. The van der Waals surface area contributed by atoms with E-state index in [4.69, 9.17) is 17.4 Å². The molecule has 0 bridgehead atoms. The fourth-order valence-electron chi connectivity index (χ4n) is 1.55. The summed E-state index contributed by atoms with van der Waals surface area (Å²) in [7, 11) is 0.